The van der Waals surface area contributed by atoms with Crippen molar-refractivity contribution in [1.82, 2.24) is 0 Å². The standard InChI is InChI=1S/C15H18N2O2S/c1-20(18,19)15(12-16)11-13-5-7-14(8-6-13)17-9-3-2-4-10-17/h5-8,11H,2-4,9-10H2,1H3/b15-11+. The maximum Gasteiger partial charge on any atom is 0.185 e. The highest BCUT2D eigenvalue weighted by Crippen LogP contribution is 2.21. The van der Waals surface area contributed by atoms with Crippen LogP contribution in [0.4, 0.5) is 5.69 Å². The van der Waals surface area contributed by atoms with Crippen molar-refractivity contribution >= 4 is 21.6 Å². The highest BCUT2D eigenvalue weighted by Gasteiger charge is 2.12. The van der Waals surface area contributed by atoms with E-state index in [0.29, 0.717) is 0 Å². The van der Waals surface area contributed by atoms with E-state index in [4.69, 9.17) is 5.26 Å². The van der Waals surface area contributed by atoms with Gasteiger partial charge in [0.25, 0.3) is 0 Å². The van der Waals surface area contributed by atoms with Crippen LogP contribution in [0.5, 0.6) is 0 Å². The van der Waals surface area contributed by atoms with Gasteiger partial charge in [0.1, 0.15) is 11.0 Å². The van der Waals surface area contributed by atoms with Crippen molar-refractivity contribution in [1.29, 1.82) is 5.26 Å². The number of rotatable bonds is 3. The molecule has 0 unspecified atom stereocenters. The van der Waals surface area contributed by atoms with Gasteiger partial charge in [-0.1, -0.05) is 12.1 Å². The average molecular weight is 290 g/mol. The van der Waals surface area contributed by atoms with Crippen LogP contribution in [0.3, 0.4) is 0 Å². The lowest BCUT2D eigenvalue weighted by molar-refractivity contribution is 0.578. The Hall–Kier alpha value is -1.80. The van der Waals surface area contributed by atoms with E-state index in [1.54, 1.807) is 6.07 Å². The van der Waals surface area contributed by atoms with Gasteiger partial charge < -0.3 is 4.90 Å². The third kappa shape index (κ3) is 3.61. The molecule has 0 saturated carbocycles. The SMILES string of the molecule is CS(=O)(=O)/C(C#N)=C/c1ccc(N2CCCCC2)cc1. The van der Waals surface area contributed by atoms with E-state index in [2.05, 4.69) is 4.90 Å². The molecule has 0 aliphatic carbocycles. The zero-order chi connectivity index (χ0) is 14.6. The monoisotopic (exact) mass is 290 g/mol. The number of allylic oxidation sites excluding steroid dienone is 1. The summed E-state index contributed by atoms with van der Waals surface area (Å²) in [5.41, 5.74) is 1.88. The minimum atomic E-state index is -3.45. The minimum Gasteiger partial charge on any atom is -0.372 e. The van der Waals surface area contributed by atoms with Crippen LogP contribution in [0.25, 0.3) is 6.08 Å². The summed E-state index contributed by atoms with van der Waals surface area (Å²) in [6.45, 7) is 2.14. The van der Waals surface area contributed by atoms with Crippen LogP contribution in [0.1, 0.15) is 24.8 Å². The summed E-state index contributed by atoms with van der Waals surface area (Å²) in [4.78, 5) is 2.13. The van der Waals surface area contributed by atoms with Crippen molar-refractivity contribution in [2.75, 3.05) is 24.2 Å². The molecule has 0 bridgehead atoms. The molecule has 0 aromatic heterocycles. The van der Waals surface area contributed by atoms with E-state index >= 15 is 0 Å². The fourth-order valence-corrected chi connectivity index (χ4v) is 2.82. The Morgan fingerprint density at radius 1 is 1.20 bits per heavy atom. The molecule has 1 aromatic rings. The van der Waals surface area contributed by atoms with Crippen LogP contribution in [0.15, 0.2) is 29.2 Å². The van der Waals surface area contributed by atoms with Crippen LogP contribution < -0.4 is 4.90 Å². The van der Waals surface area contributed by atoms with Crippen molar-refractivity contribution in [3.05, 3.63) is 34.7 Å². The van der Waals surface area contributed by atoms with Crippen LogP contribution in [-0.2, 0) is 9.84 Å². The van der Waals surface area contributed by atoms with Gasteiger partial charge in [-0.2, -0.15) is 5.26 Å². The Kier molecular flexibility index (Phi) is 4.46. The molecule has 1 aromatic carbocycles. The predicted octanol–water partition coefficient (Wildman–Crippen LogP) is 2.59. The van der Waals surface area contributed by atoms with Crippen molar-refractivity contribution < 1.29 is 8.42 Å². The highest BCUT2D eigenvalue weighted by molar-refractivity contribution is 7.95. The summed E-state index contributed by atoms with van der Waals surface area (Å²) >= 11 is 0. The molecule has 1 saturated heterocycles. The first-order valence-corrected chi connectivity index (χ1v) is 8.57. The van der Waals surface area contributed by atoms with E-state index in [-0.39, 0.29) is 4.91 Å². The maximum absolute atomic E-state index is 11.4. The quantitative estimate of drug-likeness (QED) is 0.803. The smallest absolute Gasteiger partial charge is 0.185 e. The van der Waals surface area contributed by atoms with Crippen molar-refractivity contribution in [3.63, 3.8) is 0 Å². The lowest BCUT2D eigenvalue weighted by Gasteiger charge is -2.28. The Balaban J connectivity index is 2.20. The number of sulfone groups is 1. The molecule has 0 atom stereocenters. The van der Waals surface area contributed by atoms with Crippen LogP contribution in [-0.4, -0.2) is 27.8 Å². The molecular formula is C15H18N2O2S. The Morgan fingerprint density at radius 3 is 2.30 bits per heavy atom. The Labute approximate surface area is 120 Å². The minimum absolute atomic E-state index is 0.205. The molecule has 0 amide bonds. The summed E-state index contributed by atoms with van der Waals surface area (Å²) in [7, 11) is -3.45. The van der Waals surface area contributed by atoms with Crippen molar-refractivity contribution in [3.8, 4) is 6.07 Å². The maximum atomic E-state index is 11.4. The van der Waals surface area contributed by atoms with E-state index in [0.717, 1.165) is 30.6 Å². The molecule has 0 spiro atoms. The lowest BCUT2D eigenvalue weighted by Crippen LogP contribution is -2.29. The van der Waals surface area contributed by atoms with Gasteiger partial charge in [0.2, 0.25) is 0 Å². The normalized spacial score (nSPS) is 16.8. The Morgan fingerprint density at radius 2 is 1.80 bits per heavy atom. The molecule has 1 heterocycles. The van der Waals surface area contributed by atoms with Gasteiger partial charge in [0, 0.05) is 25.0 Å². The number of anilines is 1. The van der Waals surface area contributed by atoms with Gasteiger partial charge in [-0.25, -0.2) is 8.42 Å². The molecule has 1 fully saturated rings. The highest BCUT2D eigenvalue weighted by atomic mass is 32.2. The second-order valence-electron chi connectivity index (χ2n) is 5.03. The topological polar surface area (TPSA) is 61.2 Å². The van der Waals surface area contributed by atoms with Crippen LogP contribution in [0.2, 0.25) is 0 Å². The summed E-state index contributed by atoms with van der Waals surface area (Å²) in [5.74, 6) is 0. The first-order valence-electron chi connectivity index (χ1n) is 6.67. The molecule has 20 heavy (non-hydrogen) atoms. The molecule has 1 aliphatic heterocycles. The van der Waals surface area contributed by atoms with Crippen molar-refractivity contribution in [2.24, 2.45) is 0 Å². The Bertz CT molecular complexity index is 633. The predicted molar refractivity (Wildman–Crippen MR) is 80.9 cm³/mol. The van der Waals surface area contributed by atoms with Crippen LogP contribution in [0, 0.1) is 11.3 Å². The second-order valence-corrected chi connectivity index (χ2v) is 7.02. The summed E-state index contributed by atoms with van der Waals surface area (Å²) < 4.78 is 22.8. The van der Waals surface area contributed by atoms with Gasteiger partial charge in [-0.05, 0) is 43.0 Å². The lowest BCUT2D eigenvalue weighted by atomic mass is 10.1. The van der Waals surface area contributed by atoms with E-state index < -0.39 is 9.84 Å². The molecule has 2 rings (SSSR count). The number of piperidine rings is 1. The number of nitrogens with zero attached hydrogens (tertiary/aromatic N) is 2. The summed E-state index contributed by atoms with van der Waals surface area (Å²) in [5, 5.41) is 8.88. The van der Waals surface area contributed by atoms with Crippen LogP contribution >= 0.6 is 0 Å². The summed E-state index contributed by atoms with van der Waals surface area (Å²) in [6, 6.07) is 9.40. The molecule has 0 N–H and O–H groups in total. The second kappa shape index (κ2) is 6.10. The van der Waals surface area contributed by atoms with E-state index in [1.807, 2.05) is 24.3 Å². The summed E-state index contributed by atoms with van der Waals surface area (Å²) in [6.07, 6.45) is 6.18. The van der Waals surface area contributed by atoms with Gasteiger partial charge >= 0.3 is 0 Å². The third-order valence-corrected chi connectivity index (χ3v) is 4.43. The number of nitriles is 1. The van der Waals surface area contributed by atoms with Crippen molar-refractivity contribution in [2.45, 2.75) is 19.3 Å². The van der Waals surface area contributed by atoms with Gasteiger partial charge in [0.05, 0.1) is 0 Å². The van der Waals surface area contributed by atoms with E-state index in [1.165, 1.54) is 25.3 Å². The average Bonchev–Trinajstić information content (AvgIpc) is 2.45. The molecule has 106 valence electrons. The fraction of sp³-hybridized carbons (Fsp3) is 0.400. The largest absolute Gasteiger partial charge is 0.372 e. The zero-order valence-electron chi connectivity index (χ0n) is 11.5. The molecular weight excluding hydrogens is 272 g/mol. The molecule has 5 heteroatoms. The number of benzene rings is 1. The molecule has 0 radical (unpaired) electrons. The first-order chi connectivity index (χ1) is 9.50. The molecule has 1 aliphatic rings. The van der Waals surface area contributed by atoms with Gasteiger partial charge in [-0.3, -0.25) is 0 Å². The van der Waals surface area contributed by atoms with E-state index in [9.17, 15) is 8.42 Å². The third-order valence-electron chi connectivity index (χ3n) is 3.42. The number of hydrogen-bond acceptors (Lipinski definition) is 4. The van der Waals surface area contributed by atoms with Gasteiger partial charge in [0.15, 0.2) is 9.84 Å². The molecule has 4 nitrogen and oxygen atoms in total. The fourth-order valence-electron chi connectivity index (χ4n) is 2.31. The van der Waals surface area contributed by atoms with Gasteiger partial charge in [-0.15, -0.1) is 0 Å². The first kappa shape index (κ1) is 14.6. The number of hydrogen-bond donors (Lipinski definition) is 0. The zero-order valence-corrected chi connectivity index (χ0v) is 12.4.